The van der Waals surface area contributed by atoms with E-state index in [1.54, 1.807) is 11.0 Å². The van der Waals surface area contributed by atoms with Crippen molar-refractivity contribution >= 4 is 46.0 Å². The van der Waals surface area contributed by atoms with Gasteiger partial charge in [-0.05, 0) is 47.1 Å². The number of nitrogens with zero attached hydrogens (tertiary/aromatic N) is 1. The summed E-state index contributed by atoms with van der Waals surface area (Å²) in [5.41, 5.74) is 0.590. The molecule has 2 heterocycles. The van der Waals surface area contributed by atoms with E-state index in [9.17, 15) is 19.2 Å². The molecule has 2 aromatic rings. The van der Waals surface area contributed by atoms with E-state index in [4.69, 9.17) is 11.6 Å². The van der Waals surface area contributed by atoms with E-state index in [2.05, 4.69) is 29.5 Å². The van der Waals surface area contributed by atoms with Crippen LogP contribution in [0.3, 0.4) is 0 Å². The zero-order chi connectivity index (χ0) is 28.9. The first-order valence-electron chi connectivity index (χ1n) is 13.7. The summed E-state index contributed by atoms with van der Waals surface area (Å²) >= 11 is 5.86. The lowest BCUT2D eigenvalue weighted by Gasteiger charge is -2.36. The van der Waals surface area contributed by atoms with Gasteiger partial charge < -0.3 is 20.5 Å². The maximum atomic E-state index is 14.0. The lowest BCUT2D eigenvalue weighted by atomic mass is 9.84. The normalized spacial score (nSPS) is 23.3. The number of carbonyl (C=O) groups is 4. The molecule has 1 aliphatic heterocycles. The van der Waals surface area contributed by atoms with Gasteiger partial charge in [0.15, 0.2) is 5.78 Å². The molecular formula is C30H41ClN4O4. The number of nitrogens with one attached hydrogen (secondary N) is 3. The average Bonchev–Trinajstić information content (AvgIpc) is 3.23. The Morgan fingerprint density at radius 2 is 1.79 bits per heavy atom. The van der Waals surface area contributed by atoms with E-state index in [-0.39, 0.29) is 52.6 Å². The standard InChI is InChI=1S/C30H41ClN4O4/c1-16(2)12-21(33-26(37)20-13-17-10-8-9-11-19(17)32-20)28(39)35-15-18-23(30(18,6)7)24(35)27(38)34-25(22(36)14-31)29(3,4)5/h8-11,13,16,18,21,23-25,32H,12,14-15H2,1-7H3,(H,33,37)(H,34,38)/t18-,21-,23-,24?,25+/m0/s1. The van der Waals surface area contributed by atoms with Gasteiger partial charge in [0.05, 0.1) is 11.9 Å². The largest absolute Gasteiger partial charge is 0.351 e. The van der Waals surface area contributed by atoms with Crippen LogP contribution in [-0.4, -0.2) is 63.9 Å². The van der Waals surface area contributed by atoms with Crippen LogP contribution in [0.4, 0.5) is 0 Å². The SMILES string of the molecule is CC(C)C[C@H](NC(=O)c1cc2ccccc2[nH]1)C(=O)N1C[C@H]2[C@@H](C1C(=O)N[C@H](C(=O)CCl)C(C)(C)C)C2(C)C. The molecule has 3 amide bonds. The number of benzene rings is 1. The first-order valence-corrected chi connectivity index (χ1v) is 14.3. The summed E-state index contributed by atoms with van der Waals surface area (Å²) in [4.78, 5) is 58.4. The van der Waals surface area contributed by atoms with E-state index in [0.717, 1.165) is 10.9 Å². The van der Waals surface area contributed by atoms with Crippen LogP contribution in [0.5, 0.6) is 0 Å². The number of amides is 3. The van der Waals surface area contributed by atoms with Crippen LogP contribution in [0.15, 0.2) is 30.3 Å². The minimum atomic E-state index is -0.789. The molecule has 1 saturated heterocycles. The Kier molecular flexibility index (Phi) is 7.92. The third kappa shape index (κ3) is 5.72. The number of para-hydroxylation sites is 1. The van der Waals surface area contributed by atoms with Crippen LogP contribution in [-0.2, 0) is 14.4 Å². The van der Waals surface area contributed by atoms with Gasteiger partial charge >= 0.3 is 0 Å². The Bertz CT molecular complexity index is 1240. The summed E-state index contributed by atoms with van der Waals surface area (Å²) in [6.07, 6.45) is 0.434. The highest BCUT2D eigenvalue weighted by Gasteiger charge is 2.69. The third-order valence-corrected chi connectivity index (χ3v) is 8.72. The molecule has 0 radical (unpaired) electrons. The van der Waals surface area contributed by atoms with Crippen molar-refractivity contribution < 1.29 is 19.2 Å². The van der Waals surface area contributed by atoms with Gasteiger partial charge in [0.1, 0.15) is 17.8 Å². The molecule has 1 aromatic carbocycles. The van der Waals surface area contributed by atoms with Crippen molar-refractivity contribution in [1.29, 1.82) is 0 Å². The Labute approximate surface area is 235 Å². The molecule has 9 heteroatoms. The van der Waals surface area contributed by atoms with Gasteiger partial charge in [-0.15, -0.1) is 11.6 Å². The van der Waals surface area contributed by atoms with Crippen molar-refractivity contribution in [1.82, 2.24) is 20.5 Å². The number of ketones is 1. The van der Waals surface area contributed by atoms with Crippen LogP contribution in [0.2, 0.25) is 0 Å². The molecule has 5 atom stereocenters. The van der Waals surface area contributed by atoms with Gasteiger partial charge in [-0.2, -0.15) is 0 Å². The van der Waals surface area contributed by atoms with E-state index in [1.165, 1.54) is 0 Å². The molecule has 8 nitrogen and oxygen atoms in total. The third-order valence-electron chi connectivity index (χ3n) is 8.45. The van der Waals surface area contributed by atoms with Crippen molar-refractivity contribution in [3.8, 4) is 0 Å². The Morgan fingerprint density at radius 3 is 2.38 bits per heavy atom. The number of H-pyrrole nitrogens is 1. The van der Waals surface area contributed by atoms with Gasteiger partial charge in [0.2, 0.25) is 11.8 Å². The fourth-order valence-corrected chi connectivity index (χ4v) is 6.38. The molecular weight excluding hydrogens is 516 g/mol. The summed E-state index contributed by atoms with van der Waals surface area (Å²) in [7, 11) is 0. The monoisotopic (exact) mass is 556 g/mol. The summed E-state index contributed by atoms with van der Waals surface area (Å²) in [6, 6.07) is 7.10. The van der Waals surface area contributed by atoms with Crippen LogP contribution >= 0.6 is 11.6 Å². The predicted molar refractivity (Wildman–Crippen MR) is 152 cm³/mol. The van der Waals surface area contributed by atoms with E-state index in [1.807, 2.05) is 58.9 Å². The fourth-order valence-electron chi connectivity index (χ4n) is 6.22. The number of alkyl halides is 1. The molecule has 2 aliphatic rings. The smallest absolute Gasteiger partial charge is 0.268 e. The van der Waals surface area contributed by atoms with Crippen molar-refractivity contribution in [2.75, 3.05) is 12.4 Å². The molecule has 2 fully saturated rings. The summed E-state index contributed by atoms with van der Waals surface area (Å²) < 4.78 is 0. The number of aromatic nitrogens is 1. The highest BCUT2D eigenvalue weighted by molar-refractivity contribution is 6.28. The number of fused-ring (bicyclic) bond motifs is 2. The zero-order valence-corrected chi connectivity index (χ0v) is 24.7. The summed E-state index contributed by atoms with van der Waals surface area (Å²) in [5.74, 6) is -1.15. The van der Waals surface area contributed by atoms with Gasteiger partial charge in [0, 0.05) is 17.4 Å². The quantitative estimate of drug-likeness (QED) is 0.403. The van der Waals surface area contributed by atoms with Gasteiger partial charge in [-0.25, -0.2) is 0 Å². The lowest BCUT2D eigenvalue weighted by molar-refractivity contribution is -0.143. The number of carbonyl (C=O) groups excluding carboxylic acids is 4. The number of piperidine rings is 1. The fraction of sp³-hybridized carbons (Fsp3) is 0.600. The van der Waals surface area contributed by atoms with Crippen molar-refractivity contribution in [2.45, 2.75) is 73.0 Å². The van der Waals surface area contributed by atoms with Crippen LogP contribution in [0, 0.1) is 28.6 Å². The van der Waals surface area contributed by atoms with Crippen molar-refractivity contribution in [3.63, 3.8) is 0 Å². The molecule has 1 aromatic heterocycles. The topological polar surface area (TPSA) is 111 Å². The van der Waals surface area contributed by atoms with Crippen molar-refractivity contribution in [3.05, 3.63) is 36.0 Å². The molecule has 3 N–H and O–H groups in total. The molecule has 0 spiro atoms. The lowest BCUT2D eigenvalue weighted by Crippen LogP contribution is -2.59. The minimum absolute atomic E-state index is 0.0164. The highest BCUT2D eigenvalue weighted by atomic mass is 35.5. The molecule has 1 saturated carbocycles. The molecule has 39 heavy (non-hydrogen) atoms. The molecule has 212 valence electrons. The predicted octanol–water partition coefficient (Wildman–Crippen LogP) is 4.13. The molecule has 1 unspecified atom stereocenters. The number of hydrogen-bond acceptors (Lipinski definition) is 4. The number of rotatable bonds is 9. The van der Waals surface area contributed by atoms with Crippen LogP contribution in [0.25, 0.3) is 10.9 Å². The maximum Gasteiger partial charge on any atom is 0.268 e. The first kappa shape index (κ1) is 29.1. The van der Waals surface area contributed by atoms with E-state index >= 15 is 0 Å². The van der Waals surface area contributed by atoms with Crippen molar-refractivity contribution in [2.24, 2.45) is 28.6 Å². The van der Waals surface area contributed by atoms with Gasteiger partial charge in [-0.1, -0.05) is 66.7 Å². The number of halogens is 1. The second-order valence-corrected chi connectivity index (χ2v) is 13.5. The van der Waals surface area contributed by atoms with Crippen LogP contribution < -0.4 is 10.6 Å². The van der Waals surface area contributed by atoms with Gasteiger partial charge in [-0.3, -0.25) is 19.2 Å². The van der Waals surface area contributed by atoms with Crippen LogP contribution in [0.1, 0.15) is 65.4 Å². The van der Waals surface area contributed by atoms with E-state index in [0.29, 0.717) is 18.7 Å². The zero-order valence-electron chi connectivity index (χ0n) is 23.9. The highest BCUT2D eigenvalue weighted by Crippen LogP contribution is 2.65. The molecule has 4 rings (SSSR count). The second kappa shape index (κ2) is 10.6. The molecule has 0 bridgehead atoms. The number of likely N-dealkylation sites (tertiary alicyclic amines) is 1. The summed E-state index contributed by atoms with van der Waals surface area (Å²) in [5, 5.41) is 6.78. The Morgan fingerprint density at radius 1 is 1.13 bits per heavy atom. The minimum Gasteiger partial charge on any atom is -0.351 e. The number of aromatic amines is 1. The maximum absolute atomic E-state index is 14.0. The summed E-state index contributed by atoms with van der Waals surface area (Å²) in [6.45, 7) is 14.3. The second-order valence-electron chi connectivity index (χ2n) is 13.2. The Balaban J connectivity index is 1.58. The average molecular weight is 557 g/mol. The molecule has 1 aliphatic carbocycles. The Hall–Kier alpha value is -2.87. The van der Waals surface area contributed by atoms with Gasteiger partial charge in [0.25, 0.3) is 5.91 Å². The first-order chi connectivity index (χ1) is 18.2. The van der Waals surface area contributed by atoms with E-state index < -0.39 is 23.5 Å². The number of hydrogen-bond donors (Lipinski definition) is 3. The number of Topliss-reactive ketones (excluding diaryl/α,β-unsaturated/α-hetero) is 1.